The molecule has 1 aromatic rings. The van der Waals surface area contributed by atoms with E-state index in [1.54, 1.807) is 0 Å². The maximum atomic E-state index is 14.0. The van der Waals surface area contributed by atoms with Gasteiger partial charge in [0.1, 0.15) is 6.04 Å². The maximum absolute atomic E-state index is 14.0. The second-order valence-corrected chi connectivity index (χ2v) is 4.26. The zero-order chi connectivity index (χ0) is 14.0. The number of carbonyl (C=O) groups is 1. The van der Waals surface area contributed by atoms with Gasteiger partial charge in [-0.05, 0) is 6.07 Å². The third-order valence-electron chi connectivity index (χ3n) is 3.13. The second kappa shape index (κ2) is 5.50. The number of halogens is 2. The highest BCUT2D eigenvalue weighted by Crippen LogP contribution is 2.27. The van der Waals surface area contributed by atoms with E-state index in [0.29, 0.717) is 6.61 Å². The number of ether oxygens (including phenoxy) is 1. The van der Waals surface area contributed by atoms with Gasteiger partial charge in [0.2, 0.25) is 5.91 Å². The Morgan fingerprint density at radius 3 is 2.79 bits per heavy atom. The van der Waals surface area contributed by atoms with Crippen molar-refractivity contribution in [3.63, 3.8) is 0 Å². The number of hydrogen-bond donors (Lipinski definition) is 2. The van der Waals surface area contributed by atoms with Gasteiger partial charge in [0.25, 0.3) is 0 Å². The molecule has 1 saturated heterocycles. The smallest absolute Gasteiger partial charge is 0.242 e. The van der Waals surface area contributed by atoms with Crippen molar-refractivity contribution in [3.8, 4) is 0 Å². The summed E-state index contributed by atoms with van der Waals surface area (Å²) in [6, 6.07) is 2.01. The van der Waals surface area contributed by atoms with Crippen LogP contribution in [-0.2, 0) is 16.1 Å². The molecule has 1 fully saturated rings. The minimum absolute atomic E-state index is 0.00167. The van der Waals surface area contributed by atoms with E-state index < -0.39 is 23.6 Å². The van der Waals surface area contributed by atoms with Crippen LogP contribution in [-0.4, -0.2) is 31.7 Å². The number of carbonyl (C=O) groups excluding carboxylic acids is 1. The number of benzene rings is 1. The van der Waals surface area contributed by atoms with E-state index in [-0.39, 0.29) is 30.9 Å². The van der Waals surface area contributed by atoms with Crippen molar-refractivity contribution in [1.82, 2.24) is 0 Å². The Morgan fingerprint density at radius 1 is 1.42 bits per heavy atom. The van der Waals surface area contributed by atoms with Crippen molar-refractivity contribution in [2.45, 2.75) is 12.6 Å². The first-order valence-corrected chi connectivity index (χ1v) is 5.87. The van der Waals surface area contributed by atoms with Gasteiger partial charge >= 0.3 is 0 Å². The molecule has 0 aromatic heterocycles. The molecule has 5 nitrogen and oxygen atoms in total. The molecule has 1 aromatic carbocycles. The summed E-state index contributed by atoms with van der Waals surface area (Å²) < 4.78 is 32.9. The molecule has 2 rings (SSSR count). The average Bonchev–Trinajstić information content (AvgIpc) is 2.42. The SMILES string of the molecule is NCc1ccc(N2CCOCC2C(N)=O)c(F)c1F. The molecule has 1 aliphatic heterocycles. The highest BCUT2D eigenvalue weighted by molar-refractivity contribution is 5.84. The molecule has 1 amide bonds. The van der Waals surface area contributed by atoms with Crippen molar-refractivity contribution in [2.75, 3.05) is 24.7 Å². The fourth-order valence-corrected chi connectivity index (χ4v) is 2.09. The first kappa shape index (κ1) is 13.7. The summed E-state index contributed by atoms with van der Waals surface area (Å²) >= 11 is 0. The molecular weight excluding hydrogens is 256 g/mol. The van der Waals surface area contributed by atoms with Crippen LogP contribution in [0.1, 0.15) is 5.56 Å². The van der Waals surface area contributed by atoms with Crippen LogP contribution in [0, 0.1) is 11.6 Å². The zero-order valence-corrected chi connectivity index (χ0v) is 10.2. The Bertz CT molecular complexity index is 496. The largest absolute Gasteiger partial charge is 0.377 e. The highest BCUT2D eigenvalue weighted by atomic mass is 19.2. The van der Waals surface area contributed by atoms with Gasteiger partial charge in [-0.15, -0.1) is 0 Å². The fourth-order valence-electron chi connectivity index (χ4n) is 2.09. The van der Waals surface area contributed by atoms with Gasteiger partial charge in [-0.1, -0.05) is 6.07 Å². The zero-order valence-electron chi connectivity index (χ0n) is 10.2. The molecule has 1 aliphatic rings. The quantitative estimate of drug-likeness (QED) is 0.817. The average molecular weight is 271 g/mol. The van der Waals surface area contributed by atoms with E-state index in [1.807, 2.05) is 0 Å². The third-order valence-corrected chi connectivity index (χ3v) is 3.13. The van der Waals surface area contributed by atoms with Crippen LogP contribution < -0.4 is 16.4 Å². The Morgan fingerprint density at radius 2 is 2.16 bits per heavy atom. The summed E-state index contributed by atoms with van der Waals surface area (Å²) in [7, 11) is 0. The molecule has 4 N–H and O–H groups in total. The molecule has 1 unspecified atom stereocenters. The molecule has 1 heterocycles. The van der Waals surface area contributed by atoms with Gasteiger partial charge in [0, 0.05) is 18.7 Å². The number of primary amides is 1. The molecular formula is C12H15F2N3O2. The summed E-state index contributed by atoms with van der Waals surface area (Å²) in [6.07, 6.45) is 0. The fraction of sp³-hybridized carbons (Fsp3) is 0.417. The van der Waals surface area contributed by atoms with Crippen molar-refractivity contribution < 1.29 is 18.3 Å². The van der Waals surface area contributed by atoms with Gasteiger partial charge in [-0.25, -0.2) is 8.78 Å². The molecule has 0 bridgehead atoms. The normalized spacial score (nSPS) is 19.5. The highest BCUT2D eigenvalue weighted by Gasteiger charge is 2.30. The third kappa shape index (κ3) is 2.52. The Kier molecular flexibility index (Phi) is 3.96. The first-order chi connectivity index (χ1) is 9.06. The summed E-state index contributed by atoms with van der Waals surface area (Å²) in [5, 5.41) is 0. The van der Waals surface area contributed by atoms with Gasteiger partial charge in [0.15, 0.2) is 11.6 Å². The van der Waals surface area contributed by atoms with E-state index in [1.165, 1.54) is 17.0 Å². The minimum atomic E-state index is -1.02. The lowest BCUT2D eigenvalue weighted by atomic mass is 10.1. The number of nitrogens with zero attached hydrogens (tertiary/aromatic N) is 1. The lowest BCUT2D eigenvalue weighted by Crippen LogP contribution is -2.53. The number of amides is 1. The van der Waals surface area contributed by atoms with Crippen LogP contribution in [0.3, 0.4) is 0 Å². The molecule has 0 aliphatic carbocycles. The number of anilines is 1. The number of nitrogens with two attached hydrogens (primary N) is 2. The topological polar surface area (TPSA) is 81.6 Å². The Hall–Kier alpha value is -1.73. The number of morpholine rings is 1. The van der Waals surface area contributed by atoms with Gasteiger partial charge in [-0.2, -0.15) is 0 Å². The standard InChI is InChI=1S/C12H15F2N3O2/c13-10-7(5-15)1-2-8(11(10)14)17-3-4-19-6-9(17)12(16)18/h1-2,9H,3-6,15H2,(H2,16,18). The molecule has 0 radical (unpaired) electrons. The van der Waals surface area contributed by atoms with Crippen molar-refractivity contribution in [1.29, 1.82) is 0 Å². The van der Waals surface area contributed by atoms with Gasteiger partial charge in [-0.3, -0.25) is 4.79 Å². The Labute approximate surface area is 109 Å². The number of rotatable bonds is 3. The molecule has 0 saturated carbocycles. The van der Waals surface area contributed by atoms with E-state index >= 15 is 0 Å². The molecule has 0 spiro atoms. The van der Waals surface area contributed by atoms with Crippen molar-refractivity contribution in [3.05, 3.63) is 29.3 Å². The van der Waals surface area contributed by atoms with E-state index in [2.05, 4.69) is 0 Å². The van der Waals surface area contributed by atoms with Crippen LogP contribution in [0.4, 0.5) is 14.5 Å². The van der Waals surface area contributed by atoms with Gasteiger partial charge in [0.05, 0.1) is 18.9 Å². The van der Waals surface area contributed by atoms with Crippen LogP contribution in [0.5, 0.6) is 0 Å². The van der Waals surface area contributed by atoms with Crippen LogP contribution in [0.2, 0.25) is 0 Å². The van der Waals surface area contributed by atoms with E-state index in [4.69, 9.17) is 16.2 Å². The van der Waals surface area contributed by atoms with Gasteiger partial charge < -0.3 is 21.1 Å². The summed E-state index contributed by atoms with van der Waals surface area (Å²) in [5.74, 6) is -2.65. The summed E-state index contributed by atoms with van der Waals surface area (Å²) in [6.45, 7) is 0.565. The monoisotopic (exact) mass is 271 g/mol. The first-order valence-electron chi connectivity index (χ1n) is 5.87. The minimum Gasteiger partial charge on any atom is -0.377 e. The lowest BCUT2D eigenvalue weighted by molar-refractivity contribution is -0.121. The molecule has 1 atom stereocenters. The van der Waals surface area contributed by atoms with Crippen LogP contribution in [0.15, 0.2) is 12.1 Å². The van der Waals surface area contributed by atoms with E-state index in [0.717, 1.165) is 0 Å². The molecule has 19 heavy (non-hydrogen) atoms. The predicted octanol–water partition coefficient (Wildman–Crippen LogP) is 0.114. The Balaban J connectivity index is 2.39. The summed E-state index contributed by atoms with van der Waals surface area (Å²) in [5.41, 5.74) is 10.6. The molecule has 104 valence electrons. The predicted molar refractivity (Wildman–Crippen MR) is 65.4 cm³/mol. The second-order valence-electron chi connectivity index (χ2n) is 4.26. The van der Waals surface area contributed by atoms with Crippen molar-refractivity contribution in [2.24, 2.45) is 11.5 Å². The van der Waals surface area contributed by atoms with Crippen LogP contribution in [0.25, 0.3) is 0 Å². The summed E-state index contributed by atoms with van der Waals surface area (Å²) in [4.78, 5) is 12.7. The molecule has 7 heteroatoms. The number of hydrogen-bond acceptors (Lipinski definition) is 4. The lowest BCUT2D eigenvalue weighted by Gasteiger charge is -2.35. The van der Waals surface area contributed by atoms with Crippen molar-refractivity contribution >= 4 is 11.6 Å². The maximum Gasteiger partial charge on any atom is 0.242 e. The van der Waals surface area contributed by atoms with E-state index in [9.17, 15) is 13.6 Å². The van der Waals surface area contributed by atoms with Crippen LogP contribution >= 0.6 is 0 Å².